The largest absolute Gasteiger partial charge is 0.492 e. The second kappa shape index (κ2) is 9.95. The summed E-state index contributed by atoms with van der Waals surface area (Å²) < 4.78 is 5.59. The second-order valence-electron chi connectivity index (χ2n) is 7.22. The van der Waals surface area contributed by atoms with Crippen molar-refractivity contribution < 1.29 is 14.3 Å². The Labute approximate surface area is 165 Å². The van der Waals surface area contributed by atoms with Crippen molar-refractivity contribution in [3.63, 3.8) is 0 Å². The fourth-order valence-corrected chi connectivity index (χ4v) is 3.96. The number of nitrogens with zero attached hydrogens (tertiary/aromatic N) is 2. The summed E-state index contributed by atoms with van der Waals surface area (Å²) in [6.45, 7) is 3.76. The van der Waals surface area contributed by atoms with Crippen LogP contribution in [0.4, 0.5) is 0 Å². The summed E-state index contributed by atoms with van der Waals surface area (Å²) in [5, 5.41) is 3.55. The zero-order chi connectivity index (χ0) is 19.1. The van der Waals surface area contributed by atoms with E-state index >= 15 is 0 Å². The molecule has 0 bridgehead atoms. The third-order valence-corrected chi connectivity index (χ3v) is 5.42. The Morgan fingerprint density at radius 1 is 1.26 bits per heavy atom. The highest BCUT2D eigenvalue weighted by Crippen LogP contribution is 2.20. The van der Waals surface area contributed by atoms with Crippen molar-refractivity contribution >= 4 is 23.4 Å². The van der Waals surface area contributed by atoms with Gasteiger partial charge in [0, 0.05) is 30.6 Å². The number of hydrogen-bond donors (Lipinski definition) is 1. The summed E-state index contributed by atoms with van der Waals surface area (Å²) >= 11 is 5.92. The SMILES string of the molecule is O=C(CN1CCCCC1CN1CCCC1=O)NCCOc1cccc(Cl)c1. The topological polar surface area (TPSA) is 61.9 Å². The van der Waals surface area contributed by atoms with E-state index in [-0.39, 0.29) is 17.9 Å². The Balaban J connectivity index is 1.39. The molecule has 1 atom stereocenters. The Bertz CT molecular complexity index is 655. The number of ether oxygens (including phenoxy) is 1. The minimum Gasteiger partial charge on any atom is -0.492 e. The zero-order valence-corrected chi connectivity index (χ0v) is 16.4. The number of hydrogen-bond acceptors (Lipinski definition) is 4. The normalized spacial score (nSPS) is 20.7. The first-order chi connectivity index (χ1) is 13.1. The van der Waals surface area contributed by atoms with Crippen LogP contribution in [0, 0.1) is 0 Å². The molecule has 0 spiro atoms. The first-order valence-corrected chi connectivity index (χ1v) is 10.2. The number of nitrogens with one attached hydrogen (secondary N) is 1. The zero-order valence-electron chi connectivity index (χ0n) is 15.7. The van der Waals surface area contributed by atoms with Gasteiger partial charge in [-0.1, -0.05) is 24.1 Å². The summed E-state index contributed by atoms with van der Waals surface area (Å²) in [5.41, 5.74) is 0. The van der Waals surface area contributed by atoms with E-state index in [2.05, 4.69) is 10.2 Å². The van der Waals surface area contributed by atoms with Gasteiger partial charge in [-0.2, -0.15) is 0 Å². The number of carbonyl (C=O) groups excluding carboxylic acids is 2. The van der Waals surface area contributed by atoms with Gasteiger partial charge in [-0.25, -0.2) is 0 Å². The standard InChI is InChI=1S/C20H28ClN3O3/c21-16-5-3-7-18(13-16)27-12-9-22-19(25)15-23-10-2-1-6-17(23)14-24-11-4-8-20(24)26/h3,5,7,13,17H,1-2,4,6,8-12,14-15H2,(H,22,25). The maximum atomic E-state index is 12.3. The van der Waals surface area contributed by atoms with Gasteiger partial charge in [0.15, 0.2) is 0 Å². The van der Waals surface area contributed by atoms with Crippen LogP contribution in [-0.2, 0) is 9.59 Å². The maximum absolute atomic E-state index is 12.3. The number of amides is 2. The Morgan fingerprint density at radius 3 is 2.93 bits per heavy atom. The van der Waals surface area contributed by atoms with Crippen LogP contribution in [0.3, 0.4) is 0 Å². The van der Waals surface area contributed by atoms with E-state index in [0.29, 0.717) is 36.9 Å². The highest BCUT2D eigenvalue weighted by Gasteiger charge is 2.29. The molecule has 1 unspecified atom stereocenters. The Kier molecular flexibility index (Phi) is 7.35. The lowest BCUT2D eigenvalue weighted by Gasteiger charge is -2.37. The lowest BCUT2D eigenvalue weighted by Crippen LogP contribution is -2.50. The molecule has 2 saturated heterocycles. The van der Waals surface area contributed by atoms with Crippen molar-refractivity contribution in [2.24, 2.45) is 0 Å². The molecule has 0 aromatic heterocycles. The van der Waals surface area contributed by atoms with E-state index in [4.69, 9.17) is 16.3 Å². The van der Waals surface area contributed by atoms with Gasteiger partial charge in [0.2, 0.25) is 11.8 Å². The summed E-state index contributed by atoms with van der Waals surface area (Å²) in [4.78, 5) is 28.4. The molecule has 6 nitrogen and oxygen atoms in total. The van der Waals surface area contributed by atoms with Gasteiger partial charge in [-0.05, 0) is 44.0 Å². The van der Waals surface area contributed by atoms with Crippen molar-refractivity contribution in [2.75, 3.05) is 39.3 Å². The van der Waals surface area contributed by atoms with Crippen molar-refractivity contribution in [1.82, 2.24) is 15.1 Å². The van der Waals surface area contributed by atoms with E-state index in [9.17, 15) is 9.59 Å². The van der Waals surface area contributed by atoms with Crippen LogP contribution in [0.1, 0.15) is 32.1 Å². The predicted molar refractivity (Wildman–Crippen MR) is 105 cm³/mol. The van der Waals surface area contributed by atoms with Crippen LogP contribution in [-0.4, -0.2) is 67.0 Å². The van der Waals surface area contributed by atoms with Crippen LogP contribution in [0.25, 0.3) is 0 Å². The van der Waals surface area contributed by atoms with Crippen molar-refractivity contribution in [3.05, 3.63) is 29.3 Å². The van der Waals surface area contributed by atoms with Gasteiger partial charge < -0.3 is 15.0 Å². The fraction of sp³-hybridized carbons (Fsp3) is 0.600. The van der Waals surface area contributed by atoms with E-state index in [1.165, 1.54) is 0 Å². The molecule has 0 radical (unpaired) electrons. The molecule has 0 aliphatic carbocycles. The Hall–Kier alpha value is -1.79. The number of rotatable bonds is 8. The number of piperidine rings is 1. The minimum absolute atomic E-state index is 0.00402. The third-order valence-electron chi connectivity index (χ3n) is 5.19. The minimum atomic E-state index is 0.00402. The average molecular weight is 394 g/mol. The summed E-state index contributed by atoms with van der Waals surface area (Å²) in [6.07, 6.45) is 4.95. The molecule has 2 amide bonds. The van der Waals surface area contributed by atoms with E-state index in [1.54, 1.807) is 12.1 Å². The van der Waals surface area contributed by atoms with Crippen molar-refractivity contribution in [3.8, 4) is 5.75 Å². The number of halogens is 1. The van der Waals surface area contributed by atoms with Gasteiger partial charge in [-0.15, -0.1) is 0 Å². The number of carbonyl (C=O) groups is 2. The molecule has 27 heavy (non-hydrogen) atoms. The molecule has 1 aromatic rings. The molecule has 0 saturated carbocycles. The van der Waals surface area contributed by atoms with Crippen LogP contribution < -0.4 is 10.1 Å². The van der Waals surface area contributed by atoms with Gasteiger partial charge in [0.05, 0.1) is 13.1 Å². The van der Waals surface area contributed by atoms with Crippen molar-refractivity contribution in [2.45, 2.75) is 38.1 Å². The molecular weight excluding hydrogens is 366 g/mol. The van der Waals surface area contributed by atoms with Gasteiger partial charge >= 0.3 is 0 Å². The maximum Gasteiger partial charge on any atom is 0.234 e. The molecule has 2 heterocycles. The molecule has 1 aromatic carbocycles. The van der Waals surface area contributed by atoms with Gasteiger partial charge in [0.25, 0.3) is 0 Å². The lowest BCUT2D eigenvalue weighted by molar-refractivity contribution is -0.128. The number of likely N-dealkylation sites (tertiary alicyclic amines) is 2. The molecule has 2 aliphatic rings. The third kappa shape index (κ3) is 6.11. The number of benzene rings is 1. The molecule has 2 fully saturated rings. The highest BCUT2D eigenvalue weighted by molar-refractivity contribution is 6.30. The van der Waals surface area contributed by atoms with E-state index in [1.807, 2.05) is 17.0 Å². The molecule has 2 aliphatic heterocycles. The molecule has 7 heteroatoms. The smallest absolute Gasteiger partial charge is 0.234 e. The summed E-state index contributed by atoms with van der Waals surface area (Å²) in [5.74, 6) is 0.954. The summed E-state index contributed by atoms with van der Waals surface area (Å²) in [6, 6.07) is 7.50. The van der Waals surface area contributed by atoms with Crippen LogP contribution in [0.15, 0.2) is 24.3 Å². The lowest BCUT2D eigenvalue weighted by atomic mass is 10.0. The second-order valence-corrected chi connectivity index (χ2v) is 7.66. The van der Waals surface area contributed by atoms with Crippen molar-refractivity contribution in [1.29, 1.82) is 0 Å². The van der Waals surface area contributed by atoms with E-state index < -0.39 is 0 Å². The van der Waals surface area contributed by atoms with Crippen LogP contribution in [0.5, 0.6) is 5.75 Å². The molecule has 3 rings (SSSR count). The average Bonchev–Trinajstić information content (AvgIpc) is 3.05. The molecule has 148 valence electrons. The molecule has 1 N–H and O–H groups in total. The highest BCUT2D eigenvalue weighted by atomic mass is 35.5. The van der Waals surface area contributed by atoms with Crippen LogP contribution in [0.2, 0.25) is 5.02 Å². The quantitative estimate of drug-likeness (QED) is 0.688. The predicted octanol–water partition coefficient (Wildman–Crippen LogP) is 2.31. The first kappa shape index (κ1) is 20.0. The van der Waals surface area contributed by atoms with Gasteiger partial charge in [-0.3, -0.25) is 14.5 Å². The summed E-state index contributed by atoms with van der Waals surface area (Å²) in [7, 11) is 0. The van der Waals surface area contributed by atoms with E-state index in [0.717, 1.165) is 45.3 Å². The van der Waals surface area contributed by atoms with Gasteiger partial charge in [0.1, 0.15) is 12.4 Å². The first-order valence-electron chi connectivity index (χ1n) is 9.79. The molecular formula is C20H28ClN3O3. The fourth-order valence-electron chi connectivity index (χ4n) is 3.78. The monoisotopic (exact) mass is 393 g/mol. The van der Waals surface area contributed by atoms with Crippen LogP contribution >= 0.6 is 11.6 Å². The Morgan fingerprint density at radius 2 is 2.15 bits per heavy atom.